The highest BCUT2D eigenvalue weighted by Gasteiger charge is 2.59. The molecule has 0 saturated heterocycles. The van der Waals surface area contributed by atoms with E-state index >= 15 is 0 Å². The Kier molecular flexibility index (Phi) is 4.87. The quantitative estimate of drug-likeness (QED) is 0.180. The van der Waals surface area contributed by atoms with E-state index in [1.807, 2.05) is 0 Å². The summed E-state index contributed by atoms with van der Waals surface area (Å²) in [6, 6.07) is 49.1. The zero-order valence-corrected chi connectivity index (χ0v) is 25.8. The van der Waals surface area contributed by atoms with Crippen LogP contribution >= 0.6 is 0 Å². The second kappa shape index (κ2) is 8.86. The van der Waals surface area contributed by atoms with Crippen molar-refractivity contribution in [1.82, 2.24) is 0 Å². The molecule has 0 N–H and O–H groups in total. The topological polar surface area (TPSA) is 0 Å². The first-order chi connectivity index (χ1) is 22.8. The van der Waals surface area contributed by atoms with Crippen LogP contribution in [0, 0.1) is 5.92 Å². The highest BCUT2D eigenvalue weighted by Crippen LogP contribution is 2.69. The molecular formula is C46H34. The van der Waals surface area contributed by atoms with Gasteiger partial charge >= 0.3 is 0 Å². The molecular weight excluding hydrogens is 553 g/mol. The third-order valence-electron chi connectivity index (χ3n) is 12.5. The first-order valence-corrected chi connectivity index (χ1v) is 17.2. The average molecular weight is 587 g/mol. The Morgan fingerprint density at radius 2 is 1.15 bits per heavy atom. The molecule has 0 heteroatoms. The fraction of sp³-hybridized carbons (Fsp3) is 0.174. The minimum absolute atomic E-state index is 0.167. The molecule has 1 saturated carbocycles. The number of rotatable bonds is 1. The van der Waals surface area contributed by atoms with Gasteiger partial charge in [0.2, 0.25) is 0 Å². The van der Waals surface area contributed by atoms with Crippen molar-refractivity contribution >= 4 is 16.3 Å². The van der Waals surface area contributed by atoms with Crippen molar-refractivity contribution in [2.24, 2.45) is 5.92 Å². The molecule has 2 unspecified atom stereocenters. The highest BCUT2D eigenvalue weighted by molar-refractivity contribution is 5.99. The van der Waals surface area contributed by atoms with Crippen LogP contribution < -0.4 is 0 Å². The summed E-state index contributed by atoms with van der Waals surface area (Å²) >= 11 is 0. The molecule has 46 heavy (non-hydrogen) atoms. The third kappa shape index (κ3) is 2.84. The maximum atomic E-state index is 2.55. The SMILES string of the molecule is C1=CC2C(C(c3cccc4c3-c3ccccc3C43CCCC3)=C1)c1ccc3ccccc3c1C21c2ccccc2-c2ccccc21. The summed E-state index contributed by atoms with van der Waals surface area (Å²) < 4.78 is 0. The molecule has 6 aromatic carbocycles. The molecule has 0 aliphatic heterocycles. The summed E-state index contributed by atoms with van der Waals surface area (Å²) in [5, 5.41) is 2.72. The molecule has 0 aromatic heterocycles. The van der Waals surface area contributed by atoms with Crippen molar-refractivity contribution in [2.75, 3.05) is 0 Å². The standard InChI is InChI=1S/C46H34/c1-2-14-30-29(13-1)25-26-36-43-34(33-18-11-23-40-42(33)35-17-5-6-20-37(35)45(40)27-9-10-28-45)19-12-24-41(43)46(44(30)36)38-21-7-3-15-31(38)32-16-4-8-22-39(32)46/h1-8,11-26,41,43H,9-10,27-28H2. The van der Waals surface area contributed by atoms with E-state index in [-0.39, 0.29) is 22.7 Å². The molecule has 5 aliphatic carbocycles. The molecule has 2 spiro atoms. The molecule has 0 nitrogen and oxygen atoms in total. The van der Waals surface area contributed by atoms with Gasteiger partial charge in [0, 0.05) is 17.3 Å². The van der Waals surface area contributed by atoms with Crippen LogP contribution in [0.15, 0.2) is 146 Å². The number of hydrogen-bond donors (Lipinski definition) is 0. The van der Waals surface area contributed by atoms with Gasteiger partial charge in [0.1, 0.15) is 0 Å². The number of benzene rings is 6. The maximum Gasteiger partial charge on any atom is 0.0544 e. The molecule has 11 rings (SSSR count). The highest BCUT2D eigenvalue weighted by atomic mass is 14.6. The summed E-state index contributed by atoms with van der Waals surface area (Å²) in [5.74, 6) is 0.522. The lowest BCUT2D eigenvalue weighted by molar-refractivity contribution is 0.473. The lowest BCUT2D eigenvalue weighted by atomic mass is 9.63. The first kappa shape index (κ1) is 25.3. The van der Waals surface area contributed by atoms with Gasteiger partial charge in [-0.25, -0.2) is 0 Å². The van der Waals surface area contributed by atoms with Crippen molar-refractivity contribution in [1.29, 1.82) is 0 Å². The number of fused-ring (bicyclic) bond motifs is 17. The Balaban J connectivity index is 1.23. The number of hydrogen-bond acceptors (Lipinski definition) is 0. The van der Waals surface area contributed by atoms with Crippen LogP contribution in [0.2, 0.25) is 0 Å². The van der Waals surface area contributed by atoms with Gasteiger partial charge in [-0.15, -0.1) is 0 Å². The predicted octanol–water partition coefficient (Wildman–Crippen LogP) is 11.4. The van der Waals surface area contributed by atoms with Crippen molar-refractivity contribution in [3.63, 3.8) is 0 Å². The van der Waals surface area contributed by atoms with Gasteiger partial charge in [-0.3, -0.25) is 0 Å². The zero-order valence-electron chi connectivity index (χ0n) is 25.8. The predicted molar refractivity (Wildman–Crippen MR) is 190 cm³/mol. The lowest BCUT2D eigenvalue weighted by Gasteiger charge is -2.38. The van der Waals surface area contributed by atoms with Crippen LogP contribution in [0.5, 0.6) is 0 Å². The van der Waals surface area contributed by atoms with Crippen LogP contribution in [-0.4, -0.2) is 0 Å². The normalized spacial score (nSPS) is 21.5. The molecule has 6 aromatic rings. The largest absolute Gasteiger partial charge is 0.0789 e. The summed E-state index contributed by atoms with van der Waals surface area (Å²) in [4.78, 5) is 0. The summed E-state index contributed by atoms with van der Waals surface area (Å²) in [6.07, 6.45) is 12.6. The molecule has 0 amide bonds. The van der Waals surface area contributed by atoms with Gasteiger partial charge in [-0.1, -0.05) is 158 Å². The van der Waals surface area contributed by atoms with E-state index in [9.17, 15) is 0 Å². The smallest absolute Gasteiger partial charge is 0.0544 e. The monoisotopic (exact) mass is 586 g/mol. The van der Waals surface area contributed by atoms with Crippen molar-refractivity contribution in [2.45, 2.75) is 42.4 Å². The Morgan fingerprint density at radius 1 is 0.522 bits per heavy atom. The second-order valence-electron chi connectivity index (χ2n) is 14.2. The first-order valence-electron chi connectivity index (χ1n) is 17.2. The van der Waals surface area contributed by atoms with Gasteiger partial charge in [-0.05, 0) is 90.4 Å². The van der Waals surface area contributed by atoms with Gasteiger partial charge in [0.05, 0.1) is 5.41 Å². The number of allylic oxidation sites excluding steroid dienone is 4. The summed E-state index contributed by atoms with van der Waals surface area (Å²) in [7, 11) is 0. The van der Waals surface area contributed by atoms with Crippen molar-refractivity contribution in [3.8, 4) is 22.3 Å². The molecule has 1 fully saturated rings. The molecule has 0 radical (unpaired) electrons. The van der Waals surface area contributed by atoms with Crippen LogP contribution in [0.3, 0.4) is 0 Å². The molecule has 0 bridgehead atoms. The molecule has 5 aliphatic rings. The van der Waals surface area contributed by atoms with Gasteiger partial charge in [0.25, 0.3) is 0 Å². The van der Waals surface area contributed by atoms with Crippen LogP contribution in [0.1, 0.15) is 70.5 Å². The van der Waals surface area contributed by atoms with E-state index in [1.54, 1.807) is 11.1 Å². The van der Waals surface area contributed by atoms with E-state index in [0.717, 1.165) is 0 Å². The van der Waals surface area contributed by atoms with Crippen LogP contribution in [0.25, 0.3) is 38.6 Å². The summed E-state index contributed by atoms with van der Waals surface area (Å²) in [5.41, 5.74) is 17.6. The molecule has 0 heterocycles. The van der Waals surface area contributed by atoms with E-state index in [4.69, 9.17) is 0 Å². The third-order valence-corrected chi connectivity index (χ3v) is 12.5. The van der Waals surface area contributed by atoms with E-state index < -0.39 is 0 Å². The van der Waals surface area contributed by atoms with Gasteiger partial charge < -0.3 is 0 Å². The second-order valence-corrected chi connectivity index (χ2v) is 14.2. The lowest BCUT2D eigenvalue weighted by Crippen LogP contribution is -2.33. The van der Waals surface area contributed by atoms with E-state index in [1.165, 1.54) is 92.1 Å². The Bertz CT molecular complexity index is 2290. The Hall–Kier alpha value is -4.94. The Labute approximate surface area is 270 Å². The van der Waals surface area contributed by atoms with Crippen LogP contribution in [0.4, 0.5) is 0 Å². The van der Waals surface area contributed by atoms with Crippen LogP contribution in [-0.2, 0) is 10.8 Å². The van der Waals surface area contributed by atoms with E-state index in [0.29, 0.717) is 0 Å². The molecule has 2 atom stereocenters. The van der Waals surface area contributed by atoms with Gasteiger partial charge in [0.15, 0.2) is 0 Å². The van der Waals surface area contributed by atoms with E-state index in [2.05, 4.69) is 146 Å². The molecule has 218 valence electrons. The summed E-state index contributed by atoms with van der Waals surface area (Å²) in [6.45, 7) is 0. The average Bonchev–Trinajstić information content (AvgIpc) is 3.88. The minimum atomic E-state index is -0.257. The van der Waals surface area contributed by atoms with Gasteiger partial charge in [-0.2, -0.15) is 0 Å². The fourth-order valence-electron chi connectivity index (χ4n) is 11.0. The zero-order chi connectivity index (χ0) is 30.0. The minimum Gasteiger partial charge on any atom is -0.0789 e. The maximum absolute atomic E-state index is 2.55. The van der Waals surface area contributed by atoms with Crippen molar-refractivity contribution in [3.05, 3.63) is 185 Å². The van der Waals surface area contributed by atoms with Crippen molar-refractivity contribution < 1.29 is 0 Å². The fourth-order valence-corrected chi connectivity index (χ4v) is 11.0. The Morgan fingerprint density at radius 3 is 1.93 bits per heavy atom.